The molecule has 1 aromatic rings. The Morgan fingerprint density at radius 2 is 1.79 bits per heavy atom. The van der Waals surface area contributed by atoms with E-state index in [-0.39, 0.29) is 17.9 Å². The number of esters is 1. The summed E-state index contributed by atoms with van der Waals surface area (Å²) in [6, 6.07) is 3.47. The number of carbonyl (C=O) groups is 1. The molecule has 0 unspecified atom stereocenters. The zero-order valence-electron chi connectivity index (χ0n) is 13.1. The molecule has 0 bridgehead atoms. The number of hydrogen-bond acceptors (Lipinski definition) is 6. The third-order valence-electron chi connectivity index (χ3n) is 2.64. The number of ether oxygens (including phenoxy) is 2. The zero-order chi connectivity index (χ0) is 18.4. The predicted molar refractivity (Wildman–Crippen MR) is 77.9 cm³/mol. The fourth-order valence-electron chi connectivity index (χ4n) is 1.54. The molecule has 0 aliphatic heterocycles. The molecule has 0 aliphatic carbocycles. The molecule has 0 saturated carbocycles. The van der Waals surface area contributed by atoms with Crippen molar-refractivity contribution in [2.75, 3.05) is 6.61 Å². The van der Waals surface area contributed by atoms with Gasteiger partial charge in [0.1, 0.15) is 18.1 Å². The smallest absolute Gasteiger partial charge is 0.493 e. The largest absolute Gasteiger partial charge is 0.534 e. The number of carbonyl (C=O) groups excluding carboxylic acids is 1. The summed E-state index contributed by atoms with van der Waals surface area (Å²) in [7, 11) is -5.80. The van der Waals surface area contributed by atoms with Crippen LogP contribution in [-0.4, -0.2) is 26.5 Å². The van der Waals surface area contributed by atoms with E-state index >= 15 is 0 Å². The lowest BCUT2D eigenvalue weighted by Crippen LogP contribution is -2.28. The normalized spacial score (nSPS) is 11.9. The Hall–Kier alpha value is -1.97. The second-order valence-electron chi connectivity index (χ2n) is 4.78. The molecule has 0 aliphatic rings. The first-order valence-corrected chi connectivity index (χ1v) is 8.37. The maximum atomic E-state index is 12.4. The molecule has 0 atom stereocenters. The van der Waals surface area contributed by atoms with Crippen LogP contribution in [0.25, 0.3) is 0 Å². The van der Waals surface area contributed by atoms with E-state index in [0.717, 1.165) is 25.5 Å². The highest BCUT2D eigenvalue weighted by Gasteiger charge is 2.48. The van der Waals surface area contributed by atoms with E-state index in [2.05, 4.69) is 4.18 Å². The molecule has 10 heteroatoms. The molecule has 0 aromatic heterocycles. The number of rotatable bonds is 8. The van der Waals surface area contributed by atoms with E-state index < -0.39 is 27.3 Å². The van der Waals surface area contributed by atoms with Gasteiger partial charge in [0.25, 0.3) is 0 Å². The summed E-state index contributed by atoms with van der Waals surface area (Å²) < 4.78 is 73.6. The molecular weight excluding hydrogens is 353 g/mol. The molecule has 24 heavy (non-hydrogen) atoms. The Balaban J connectivity index is 3.06. The van der Waals surface area contributed by atoms with Crippen LogP contribution in [0, 0.1) is 0 Å². The molecular formula is C14H17F3O6S. The number of hydrogen-bond donors (Lipinski definition) is 0. The number of unbranched alkanes of at least 4 members (excludes halogenated alkanes) is 1. The van der Waals surface area contributed by atoms with Gasteiger partial charge in [-0.1, -0.05) is 13.3 Å². The van der Waals surface area contributed by atoms with Crippen molar-refractivity contribution >= 4 is 16.1 Å². The third kappa shape index (κ3) is 6.26. The fraction of sp³-hybridized carbons (Fsp3) is 0.500. The molecule has 0 amide bonds. The Morgan fingerprint density at radius 1 is 1.17 bits per heavy atom. The van der Waals surface area contributed by atoms with Gasteiger partial charge in [0, 0.05) is 13.0 Å². The maximum absolute atomic E-state index is 12.4. The Morgan fingerprint density at radius 3 is 2.33 bits per heavy atom. The minimum Gasteiger partial charge on any atom is -0.493 e. The van der Waals surface area contributed by atoms with Crippen LogP contribution in [-0.2, 0) is 26.3 Å². The summed E-state index contributed by atoms with van der Waals surface area (Å²) in [6.07, 6.45) is 1.53. The van der Waals surface area contributed by atoms with Crippen molar-refractivity contribution in [3.8, 4) is 11.5 Å². The van der Waals surface area contributed by atoms with Crippen molar-refractivity contribution < 1.29 is 40.0 Å². The molecule has 1 aromatic carbocycles. The zero-order valence-corrected chi connectivity index (χ0v) is 13.9. The molecule has 0 fully saturated rings. The first-order chi connectivity index (χ1) is 11.0. The SMILES string of the molecule is CCCCOc1cc(COC(C)=O)cc(OS(=O)(=O)C(F)(F)F)c1. The van der Waals surface area contributed by atoms with Crippen LogP contribution < -0.4 is 8.92 Å². The van der Waals surface area contributed by atoms with Crippen molar-refractivity contribution in [2.45, 2.75) is 38.8 Å². The van der Waals surface area contributed by atoms with E-state index in [1.54, 1.807) is 0 Å². The van der Waals surface area contributed by atoms with Crippen molar-refractivity contribution in [1.29, 1.82) is 0 Å². The number of halogens is 3. The van der Waals surface area contributed by atoms with Gasteiger partial charge in [-0.15, -0.1) is 0 Å². The first-order valence-electron chi connectivity index (χ1n) is 6.96. The molecule has 0 spiro atoms. The number of benzene rings is 1. The van der Waals surface area contributed by atoms with Crippen molar-refractivity contribution in [3.63, 3.8) is 0 Å². The summed E-state index contributed by atoms with van der Waals surface area (Å²) in [5, 5.41) is 0. The van der Waals surface area contributed by atoms with Gasteiger partial charge in [-0.2, -0.15) is 21.6 Å². The lowest BCUT2D eigenvalue weighted by Gasteiger charge is -2.13. The topological polar surface area (TPSA) is 78.9 Å². The van der Waals surface area contributed by atoms with Crippen molar-refractivity contribution in [2.24, 2.45) is 0 Å². The minimum absolute atomic E-state index is 0.112. The number of alkyl halides is 3. The van der Waals surface area contributed by atoms with Gasteiger partial charge in [-0.3, -0.25) is 4.79 Å². The molecule has 0 heterocycles. The highest BCUT2D eigenvalue weighted by atomic mass is 32.2. The van der Waals surface area contributed by atoms with Crippen LogP contribution in [0.2, 0.25) is 0 Å². The van der Waals surface area contributed by atoms with Crippen molar-refractivity contribution in [1.82, 2.24) is 0 Å². The second kappa shape index (κ2) is 8.22. The summed E-state index contributed by atoms with van der Waals surface area (Å²) in [5.74, 6) is -1.07. The van der Waals surface area contributed by atoms with E-state index in [4.69, 9.17) is 9.47 Å². The molecule has 0 radical (unpaired) electrons. The molecule has 6 nitrogen and oxygen atoms in total. The maximum Gasteiger partial charge on any atom is 0.534 e. The van der Waals surface area contributed by atoms with E-state index in [1.165, 1.54) is 6.07 Å². The van der Waals surface area contributed by atoms with Crippen LogP contribution in [0.1, 0.15) is 32.3 Å². The third-order valence-corrected chi connectivity index (χ3v) is 3.62. The lowest BCUT2D eigenvalue weighted by molar-refractivity contribution is -0.142. The standard InChI is InChI=1S/C14H17F3O6S/c1-3-4-5-21-12-6-11(9-22-10(2)18)7-13(8-12)23-24(19,20)14(15,16)17/h6-8H,3-5,9H2,1-2H3. The average molecular weight is 370 g/mol. The highest BCUT2D eigenvalue weighted by molar-refractivity contribution is 7.88. The molecule has 0 N–H and O–H groups in total. The second-order valence-corrected chi connectivity index (χ2v) is 6.32. The summed E-state index contributed by atoms with van der Waals surface area (Å²) in [6.45, 7) is 3.11. The summed E-state index contributed by atoms with van der Waals surface area (Å²) >= 11 is 0. The Bertz CT molecular complexity index is 670. The first kappa shape index (κ1) is 20.1. The highest BCUT2D eigenvalue weighted by Crippen LogP contribution is 2.30. The van der Waals surface area contributed by atoms with E-state index in [0.29, 0.717) is 13.0 Å². The summed E-state index contributed by atoms with van der Waals surface area (Å²) in [5.41, 5.74) is -5.33. The lowest BCUT2D eigenvalue weighted by atomic mass is 10.2. The van der Waals surface area contributed by atoms with E-state index in [9.17, 15) is 26.4 Å². The Kier molecular flexibility index (Phi) is 6.88. The van der Waals surface area contributed by atoms with Gasteiger partial charge < -0.3 is 13.7 Å². The van der Waals surface area contributed by atoms with E-state index in [1.807, 2.05) is 6.92 Å². The van der Waals surface area contributed by atoms with Gasteiger partial charge in [-0.05, 0) is 24.1 Å². The van der Waals surface area contributed by atoms with Crippen LogP contribution >= 0.6 is 0 Å². The van der Waals surface area contributed by atoms with Gasteiger partial charge >= 0.3 is 21.6 Å². The van der Waals surface area contributed by atoms with Crippen LogP contribution in [0.4, 0.5) is 13.2 Å². The quantitative estimate of drug-likeness (QED) is 0.303. The summed E-state index contributed by atoms with van der Waals surface area (Å²) in [4.78, 5) is 10.8. The van der Waals surface area contributed by atoms with Crippen LogP contribution in [0.3, 0.4) is 0 Å². The molecule has 1 rings (SSSR count). The van der Waals surface area contributed by atoms with Gasteiger partial charge in [0.05, 0.1) is 6.61 Å². The van der Waals surface area contributed by atoms with Crippen LogP contribution in [0.5, 0.6) is 11.5 Å². The van der Waals surface area contributed by atoms with Gasteiger partial charge in [0.2, 0.25) is 0 Å². The minimum atomic E-state index is -5.80. The fourth-order valence-corrected chi connectivity index (χ4v) is 1.98. The van der Waals surface area contributed by atoms with Crippen LogP contribution in [0.15, 0.2) is 18.2 Å². The van der Waals surface area contributed by atoms with Gasteiger partial charge in [-0.25, -0.2) is 0 Å². The van der Waals surface area contributed by atoms with Crippen molar-refractivity contribution in [3.05, 3.63) is 23.8 Å². The average Bonchev–Trinajstić information content (AvgIpc) is 2.43. The van der Waals surface area contributed by atoms with Gasteiger partial charge in [0.15, 0.2) is 0 Å². The molecule has 136 valence electrons. The molecule has 0 saturated heterocycles. The Labute approximate surface area is 137 Å². The predicted octanol–water partition coefficient (Wildman–Crippen LogP) is 3.16. The monoisotopic (exact) mass is 370 g/mol.